The van der Waals surface area contributed by atoms with E-state index in [2.05, 4.69) is 0 Å². The molecule has 0 fully saturated rings. The van der Waals surface area contributed by atoms with Crippen molar-refractivity contribution in [3.05, 3.63) is 117 Å². The molecule has 2 atom stereocenters. The van der Waals surface area contributed by atoms with Gasteiger partial charge >= 0.3 is 11.9 Å². The van der Waals surface area contributed by atoms with Gasteiger partial charge in [0, 0.05) is 21.2 Å². The number of aryl methyl sites for hydroxylation is 8. The van der Waals surface area contributed by atoms with Crippen LogP contribution in [-0.2, 0) is 37.2 Å². The Kier molecular flexibility index (Phi) is 12.5. The summed E-state index contributed by atoms with van der Waals surface area (Å²) in [6.07, 6.45) is -3.88. The SMILES string of the molecule is CCOC(=O)[C@H](OP(=O)(c1cc(C)cc(C)c1)c1cc(C)cc(C)c1)[C@@H](OP(=O)(c1cc(C)cc(C)c1)c1cc(C)cc(C)c1)C(=O)OCC. The third-order valence-corrected chi connectivity index (χ3v) is 12.8. The lowest BCUT2D eigenvalue weighted by Gasteiger charge is -2.32. The Bertz CT molecular complexity index is 1660. The fourth-order valence-electron chi connectivity index (χ4n) is 6.24. The first kappa shape index (κ1) is 39.0. The van der Waals surface area contributed by atoms with Crippen LogP contribution in [0.4, 0.5) is 0 Å². The summed E-state index contributed by atoms with van der Waals surface area (Å²) in [5.74, 6) is -2.01. The predicted molar refractivity (Wildman–Crippen MR) is 200 cm³/mol. The van der Waals surface area contributed by atoms with Crippen molar-refractivity contribution in [3.63, 3.8) is 0 Å². The van der Waals surface area contributed by atoms with Crippen molar-refractivity contribution in [1.29, 1.82) is 0 Å². The number of esters is 2. The van der Waals surface area contributed by atoms with Gasteiger partial charge < -0.3 is 18.5 Å². The summed E-state index contributed by atoms with van der Waals surface area (Å²) in [5, 5.41) is 1.29. The van der Waals surface area contributed by atoms with Crippen LogP contribution >= 0.6 is 14.7 Å². The molecule has 0 saturated carbocycles. The maximum absolute atomic E-state index is 15.6. The normalized spacial score (nSPS) is 13.1. The van der Waals surface area contributed by atoms with Crippen LogP contribution in [0.3, 0.4) is 0 Å². The van der Waals surface area contributed by atoms with Gasteiger partial charge in [-0.3, -0.25) is 9.13 Å². The van der Waals surface area contributed by atoms with Crippen molar-refractivity contribution in [3.8, 4) is 0 Å². The summed E-state index contributed by atoms with van der Waals surface area (Å²) in [6.45, 7) is 18.1. The highest BCUT2D eigenvalue weighted by atomic mass is 31.2. The number of rotatable bonds is 13. The molecular weight excluding hydrogens is 670 g/mol. The van der Waals surface area contributed by atoms with Gasteiger partial charge in [0.15, 0.2) is 12.2 Å². The van der Waals surface area contributed by atoms with Gasteiger partial charge in [-0.25, -0.2) is 9.59 Å². The molecule has 0 aromatic heterocycles. The first-order chi connectivity index (χ1) is 23.5. The zero-order valence-electron chi connectivity index (χ0n) is 30.7. The van der Waals surface area contributed by atoms with E-state index in [1.165, 1.54) is 0 Å². The quantitative estimate of drug-likeness (QED) is 0.106. The molecule has 4 aromatic rings. The molecule has 0 bridgehead atoms. The van der Waals surface area contributed by atoms with Gasteiger partial charge in [-0.1, -0.05) is 68.8 Å². The highest BCUT2D eigenvalue weighted by Crippen LogP contribution is 2.51. The zero-order chi connectivity index (χ0) is 37.0. The predicted octanol–water partition coefficient (Wildman–Crippen LogP) is 7.21. The molecule has 0 aliphatic heterocycles. The molecule has 0 amide bonds. The molecule has 0 heterocycles. The van der Waals surface area contributed by atoms with Crippen LogP contribution in [0.2, 0.25) is 0 Å². The van der Waals surface area contributed by atoms with E-state index >= 15 is 9.13 Å². The summed E-state index contributed by atoms with van der Waals surface area (Å²) in [6, 6.07) is 21.7. The van der Waals surface area contributed by atoms with E-state index in [1.54, 1.807) is 62.4 Å². The first-order valence-electron chi connectivity index (χ1n) is 16.7. The van der Waals surface area contributed by atoms with Crippen molar-refractivity contribution in [2.75, 3.05) is 13.2 Å². The summed E-state index contributed by atoms with van der Waals surface area (Å²) in [5.41, 5.74) is 6.62. The smallest absolute Gasteiger partial charge is 0.339 e. The third-order valence-electron chi connectivity index (χ3n) is 8.02. The molecule has 0 N–H and O–H groups in total. The van der Waals surface area contributed by atoms with Crippen LogP contribution in [0.25, 0.3) is 0 Å². The molecule has 0 aliphatic rings. The van der Waals surface area contributed by atoms with Crippen LogP contribution in [-0.4, -0.2) is 37.4 Å². The fraction of sp³-hybridized carbons (Fsp3) is 0.350. The maximum atomic E-state index is 15.6. The third kappa shape index (κ3) is 8.91. The minimum Gasteiger partial charge on any atom is -0.464 e. The number of carbonyl (C=O) groups is 2. The standard InChI is InChI=1S/C40H48O8P2/c1-11-45-39(41)37(47-49(43,33-17-25(3)13-26(4)18-33)34-19-27(5)14-28(6)20-34)38(40(42)46-12-2)48-50(44,35-21-29(7)15-30(8)22-35)36-23-31(9)16-32(10)24-36/h13-24,37-38H,11-12H2,1-10H3/t37-,38-/m1/s1. The van der Waals surface area contributed by atoms with Crippen LogP contribution in [0.15, 0.2) is 72.8 Å². The molecule has 0 unspecified atom stereocenters. The Hall–Kier alpha value is -3.80. The van der Waals surface area contributed by atoms with Gasteiger partial charge in [-0.2, -0.15) is 0 Å². The number of hydrogen-bond donors (Lipinski definition) is 0. The first-order valence-corrected chi connectivity index (χ1v) is 20.0. The Balaban J connectivity index is 2.03. The maximum Gasteiger partial charge on any atom is 0.339 e. The van der Waals surface area contributed by atoms with Gasteiger partial charge in [0.25, 0.3) is 14.7 Å². The Labute approximate surface area is 296 Å². The molecular formula is C40H48O8P2. The van der Waals surface area contributed by atoms with E-state index in [1.807, 2.05) is 79.7 Å². The molecule has 0 aliphatic carbocycles. The monoisotopic (exact) mass is 718 g/mol. The van der Waals surface area contributed by atoms with E-state index in [9.17, 15) is 9.59 Å². The van der Waals surface area contributed by atoms with Gasteiger partial charge in [-0.05, 0) is 118 Å². The Morgan fingerprint density at radius 1 is 0.440 bits per heavy atom. The van der Waals surface area contributed by atoms with Crippen molar-refractivity contribution in [2.24, 2.45) is 0 Å². The van der Waals surface area contributed by atoms with E-state index in [0.717, 1.165) is 44.5 Å². The molecule has 8 nitrogen and oxygen atoms in total. The van der Waals surface area contributed by atoms with Gasteiger partial charge in [-0.15, -0.1) is 0 Å². The molecule has 10 heteroatoms. The molecule has 266 valence electrons. The zero-order valence-corrected chi connectivity index (χ0v) is 32.4. The molecule has 50 heavy (non-hydrogen) atoms. The Morgan fingerprint density at radius 3 is 0.820 bits per heavy atom. The topological polar surface area (TPSA) is 105 Å². The highest BCUT2D eigenvalue weighted by molar-refractivity contribution is 7.74. The minimum atomic E-state index is -4.20. The van der Waals surface area contributed by atoms with Gasteiger partial charge in [0.05, 0.1) is 13.2 Å². The Morgan fingerprint density at radius 2 is 0.640 bits per heavy atom. The second-order valence-electron chi connectivity index (χ2n) is 13.0. The van der Waals surface area contributed by atoms with Gasteiger partial charge in [0.2, 0.25) is 0 Å². The van der Waals surface area contributed by atoms with Crippen LogP contribution in [0.1, 0.15) is 58.4 Å². The van der Waals surface area contributed by atoms with Crippen molar-refractivity contribution in [1.82, 2.24) is 0 Å². The van der Waals surface area contributed by atoms with Crippen LogP contribution in [0.5, 0.6) is 0 Å². The number of benzene rings is 4. The second kappa shape index (κ2) is 16.0. The minimum absolute atomic E-state index is 0.0720. The average molecular weight is 719 g/mol. The lowest BCUT2D eigenvalue weighted by molar-refractivity contribution is -0.168. The van der Waals surface area contributed by atoms with Crippen molar-refractivity contribution in [2.45, 2.75) is 81.4 Å². The molecule has 0 radical (unpaired) electrons. The summed E-state index contributed by atoms with van der Waals surface area (Å²) in [7, 11) is -8.39. The molecule has 0 spiro atoms. The summed E-state index contributed by atoms with van der Waals surface area (Å²) >= 11 is 0. The largest absolute Gasteiger partial charge is 0.464 e. The average Bonchev–Trinajstić information content (AvgIpc) is 3.00. The van der Waals surface area contributed by atoms with E-state index in [-0.39, 0.29) is 13.2 Å². The lowest BCUT2D eigenvalue weighted by Crippen LogP contribution is -2.46. The number of carbonyl (C=O) groups excluding carboxylic acids is 2. The molecule has 0 saturated heterocycles. The van der Waals surface area contributed by atoms with E-state index in [4.69, 9.17) is 18.5 Å². The molecule has 4 aromatic carbocycles. The van der Waals surface area contributed by atoms with Crippen LogP contribution < -0.4 is 21.2 Å². The fourth-order valence-corrected chi connectivity index (χ4v) is 11.3. The number of hydrogen-bond acceptors (Lipinski definition) is 8. The summed E-state index contributed by atoms with van der Waals surface area (Å²) in [4.78, 5) is 28.1. The van der Waals surface area contributed by atoms with Crippen molar-refractivity contribution < 1.29 is 37.2 Å². The number of ether oxygens (including phenoxy) is 2. The van der Waals surface area contributed by atoms with Gasteiger partial charge in [0.1, 0.15) is 0 Å². The highest BCUT2D eigenvalue weighted by Gasteiger charge is 2.48. The summed E-state index contributed by atoms with van der Waals surface area (Å²) < 4.78 is 55.2. The van der Waals surface area contributed by atoms with E-state index in [0.29, 0.717) is 21.2 Å². The molecule has 4 rings (SSSR count). The second-order valence-corrected chi connectivity index (χ2v) is 17.7. The van der Waals surface area contributed by atoms with Crippen molar-refractivity contribution >= 4 is 47.9 Å². The van der Waals surface area contributed by atoms with E-state index < -0.39 is 38.9 Å². The van der Waals surface area contributed by atoms with Crippen LogP contribution in [0, 0.1) is 55.4 Å². The lowest BCUT2D eigenvalue weighted by atomic mass is 10.2.